The summed E-state index contributed by atoms with van der Waals surface area (Å²) in [5.74, 6) is -2.32. The maximum absolute atomic E-state index is 13.9. The Bertz CT molecular complexity index is 786. The van der Waals surface area contributed by atoms with E-state index in [9.17, 15) is 22.0 Å². The lowest BCUT2D eigenvalue weighted by Crippen LogP contribution is -2.30. The quantitative estimate of drug-likeness (QED) is 0.946. The summed E-state index contributed by atoms with van der Waals surface area (Å²) in [7, 11) is -3.76. The summed E-state index contributed by atoms with van der Waals surface area (Å²) in [4.78, 5) is 11.6. The summed E-state index contributed by atoms with van der Waals surface area (Å²) in [5, 5.41) is 0. The molecule has 2 rings (SSSR count). The summed E-state index contributed by atoms with van der Waals surface area (Å²) in [5.41, 5.74) is 0.639. The van der Waals surface area contributed by atoms with Gasteiger partial charge in [0.05, 0.1) is 11.8 Å². The van der Waals surface area contributed by atoms with Crippen LogP contribution in [0.1, 0.15) is 10.4 Å². The van der Waals surface area contributed by atoms with Gasteiger partial charge in [-0.3, -0.25) is 4.79 Å². The van der Waals surface area contributed by atoms with Crippen LogP contribution in [0.25, 0.3) is 11.1 Å². The Morgan fingerprint density at radius 2 is 1.57 bits per heavy atom. The normalized spacial score (nSPS) is 11.2. The van der Waals surface area contributed by atoms with E-state index in [-0.39, 0.29) is 5.56 Å². The monoisotopic (exact) mass is 311 g/mol. The molecule has 0 aliphatic rings. The second-order valence-corrected chi connectivity index (χ2v) is 6.15. The molecule has 0 heterocycles. The van der Waals surface area contributed by atoms with Gasteiger partial charge in [-0.15, -0.1) is 0 Å². The number of hydrogen-bond donors (Lipinski definition) is 1. The van der Waals surface area contributed by atoms with Gasteiger partial charge in [0.2, 0.25) is 10.0 Å². The summed E-state index contributed by atoms with van der Waals surface area (Å²) in [6.45, 7) is 0. The van der Waals surface area contributed by atoms with Gasteiger partial charge >= 0.3 is 0 Å². The molecular formula is C14H11F2NO3S. The third-order valence-corrected chi connectivity index (χ3v) is 3.23. The standard InChI is InChI=1S/C14H11F2NO3S/c1-21(19,20)17-14(18)12-7-4-10(8-13(12)16)9-2-5-11(15)6-3-9/h2-8H,1H3,(H,17,18). The zero-order valence-corrected chi connectivity index (χ0v) is 11.7. The van der Waals surface area contributed by atoms with Crippen LogP contribution in [0, 0.1) is 11.6 Å². The first kappa shape index (κ1) is 15.1. The van der Waals surface area contributed by atoms with E-state index < -0.39 is 27.6 Å². The molecule has 0 bridgehead atoms. The number of carbonyl (C=O) groups is 1. The molecule has 0 atom stereocenters. The van der Waals surface area contributed by atoms with Crippen LogP contribution in [0.5, 0.6) is 0 Å². The van der Waals surface area contributed by atoms with Gasteiger partial charge in [-0.1, -0.05) is 18.2 Å². The lowest BCUT2D eigenvalue weighted by atomic mass is 10.0. The molecule has 0 aliphatic heterocycles. The molecule has 0 aromatic heterocycles. The second kappa shape index (κ2) is 5.61. The van der Waals surface area contributed by atoms with Crippen molar-refractivity contribution in [2.75, 3.05) is 6.26 Å². The number of carbonyl (C=O) groups excluding carboxylic acids is 1. The van der Waals surface area contributed by atoms with Crippen LogP contribution in [0.15, 0.2) is 42.5 Å². The smallest absolute Gasteiger partial charge is 0.267 e. The zero-order chi connectivity index (χ0) is 15.6. The van der Waals surface area contributed by atoms with Crippen LogP contribution < -0.4 is 4.72 Å². The van der Waals surface area contributed by atoms with E-state index in [1.165, 1.54) is 36.4 Å². The van der Waals surface area contributed by atoms with Gasteiger partial charge in [0.15, 0.2) is 0 Å². The van der Waals surface area contributed by atoms with Crippen molar-refractivity contribution < 1.29 is 22.0 Å². The molecule has 0 fully saturated rings. The predicted molar refractivity (Wildman–Crippen MR) is 74.1 cm³/mol. The van der Waals surface area contributed by atoms with E-state index >= 15 is 0 Å². The predicted octanol–water partition coefficient (Wildman–Crippen LogP) is 2.32. The minimum Gasteiger partial charge on any atom is -0.268 e. The number of halogens is 2. The minimum absolute atomic E-state index is 0.383. The Labute approximate surface area is 120 Å². The van der Waals surface area contributed by atoms with E-state index in [0.717, 1.165) is 12.3 Å². The lowest BCUT2D eigenvalue weighted by molar-refractivity contribution is 0.0978. The number of amides is 1. The van der Waals surface area contributed by atoms with E-state index in [1.54, 1.807) is 4.72 Å². The molecule has 7 heteroatoms. The first-order valence-corrected chi connectivity index (χ1v) is 7.73. The fourth-order valence-electron chi connectivity index (χ4n) is 1.74. The van der Waals surface area contributed by atoms with E-state index in [0.29, 0.717) is 11.1 Å². The first-order chi connectivity index (χ1) is 9.76. The number of sulfonamides is 1. The second-order valence-electron chi connectivity index (χ2n) is 4.40. The molecule has 0 spiro atoms. The number of nitrogens with one attached hydrogen (secondary N) is 1. The van der Waals surface area contributed by atoms with Crippen LogP contribution >= 0.6 is 0 Å². The van der Waals surface area contributed by atoms with Crippen molar-refractivity contribution in [1.82, 2.24) is 4.72 Å². The van der Waals surface area contributed by atoms with Crippen molar-refractivity contribution in [1.29, 1.82) is 0 Å². The average molecular weight is 311 g/mol. The molecule has 1 amide bonds. The maximum atomic E-state index is 13.9. The average Bonchev–Trinajstić information content (AvgIpc) is 2.37. The molecule has 0 unspecified atom stereocenters. The van der Waals surface area contributed by atoms with Gasteiger partial charge in [-0.05, 0) is 35.4 Å². The maximum Gasteiger partial charge on any atom is 0.267 e. The first-order valence-electron chi connectivity index (χ1n) is 5.84. The Kier molecular flexibility index (Phi) is 4.04. The fourth-order valence-corrected chi connectivity index (χ4v) is 2.19. The highest BCUT2D eigenvalue weighted by Crippen LogP contribution is 2.22. The van der Waals surface area contributed by atoms with Crippen LogP contribution in [0.3, 0.4) is 0 Å². The highest BCUT2D eigenvalue weighted by molar-refractivity contribution is 7.89. The zero-order valence-electron chi connectivity index (χ0n) is 10.9. The highest BCUT2D eigenvalue weighted by Gasteiger charge is 2.16. The lowest BCUT2D eigenvalue weighted by Gasteiger charge is -2.07. The number of rotatable bonds is 3. The van der Waals surface area contributed by atoms with Crippen molar-refractivity contribution >= 4 is 15.9 Å². The molecular weight excluding hydrogens is 300 g/mol. The van der Waals surface area contributed by atoms with E-state index in [4.69, 9.17) is 0 Å². The van der Waals surface area contributed by atoms with Gasteiger partial charge in [0, 0.05) is 0 Å². The van der Waals surface area contributed by atoms with E-state index in [1.807, 2.05) is 0 Å². The van der Waals surface area contributed by atoms with Crippen molar-refractivity contribution in [3.63, 3.8) is 0 Å². The molecule has 110 valence electrons. The molecule has 1 N–H and O–H groups in total. The van der Waals surface area contributed by atoms with Gasteiger partial charge in [0.25, 0.3) is 5.91 Å². The molecule has 0 radical (unpaired) electrons. The molecule has 2 aromatic rings. The van der Waals surface area contributed by atoms with Crippen molar-refractivity contribution in [3.05, 3.63) is 59.7 Å². The van der Waals surface area contributed by atoms with Crippen LogP contribution in [-0.4, -0.2) is 20.6 Å². The number of hydrogen-bond acceptors (Lipinski definition) is 3. The highest BCUT2D eigenvalue weighted by atomic mass is 32.2. The van der Waals surface area contributed by atoms with E-state index in [2.05, 4.69) is 0 Å². The summed E-state index contributed by atoms with van der Waals surface area (Å²) < 4.78 is 50.3. The fraction of sp³-hybridized carbons (Fsp3) is 0.0714. The van der Waals surface area contributed by atoms with Gasteiger partial charge in [-0.2, -0.15) is 0 Å². The molecule has 0 saturated heterocycles. The van der Waals surface area contributed by atoms with Crippen LogP contribution in [0.2, 0.25) is 0 Å². The Morgan fingerprint density at radius 3 is 2.10 bits per heavy atom. The Morgan fingerprint density at radius 1 is 1.00 bits per heavy atom. The summed E-state index contributed by atoms with van der Waals surface area (Å²) in [6, 6.07) is 9.13. The summed E-state index contributed by atoms with van der Waals surface area (Å²) >= 11 is 0. The SMILES string of the molecule is CS(=O)(=O)NC(=O)c1ccc(-c2ccc(F)cc2)cc1F. The van der Waals surface area contributed by atoms with Crippen LogP contribution in [0.4, 0.5) is 8.78 Å². The molecule has 4 nitrogen and oxygen atoms in total. The third kappa shape index (κ3) is 3.85. The summed E-state index contributed by atoms with van der Waals surface area (Å²) in [6.07, 6.45) is 0.801. The minimum atomic E-state index is -3.76. The van der Waals surface area contributed by atoms with Crippen molar-refractivity contribution in [2.24, 2.45) is 0 Å². The topological polar surface area (TPSA) is 63.2 Å². The molecule has 2 aromatic carbocycles. The molecule has 0 saturated carbocycles. The van der Waals surface area contributed by atoms with Gasteiger partial charge in [-0.25, -0.2) is 21.9 Å². The Balaban J connectivity index is 2.33. The van der Waals surface area contributed by atoms with Crippen molar-refractivity contribution in [2.45, 2.75) is 0 Å². The van der Waals surface area contributed by atoms with Crippen molar-refractivity contribution in [3.8, 4) is 11.1 Å². The van der Waals surface area contributed by atoms with Gasteiger partial charge in [0.1, 0.15) is 11.6 Å². The van der Waals surface area contributed by atoms with Crippen LogP contribution in [-0.2, 0) is 10.0 Å². The third-order valence-electron chi connectivity index (χ3n) is 2.67. The van der Waals surface area contributed by atoms with Gasteiger partial charge < -0.3 is 0 Å². The largest absolute Gasteiger partial charge is 0.268 e. The molecule has 0 aliphatic carbocycles. The number of benzene rings is 2. The molecule has 21 heavy (non-hydrogen) atoms. The Hall–Kier alpha value is -2.28.